The van der Waals surface area contributed by atoms with E-state index in [9.17, 15) is 9.59 Å². The fourth-order valence-corrected chi connectivity index (χ4v) is 4.43. The predicted molar refractivity (Wildman–Crippen MR) is 149 cm³/mol. The van der Waals surface area contributed by atoms with Gasteiger partial charge in [0, 0.05) is 12.8 Å². The molecule has 0 aliphatic heterocycles. The first-order valence-electron chi connectivity index (χ1n) is 15.4. The standard InChI is InChI=1S/C31H60O4/c1-4-7-8-9-10-11-12-13-14-15-16-17-18-19-20-24-27-34-30(32)25-22-21-23-26-31(33)35-28-29(5-2)6-3/h29H,4-28H2,1-3H3. The van der Waals surface area contributed by atoms with Crippen LogP contribution in [0.2, 0.25) is 0 Å². The van der Waals surface area contributed by atoms with Crippen molar-refractivity contribution in [1.82, 2.24) is 0 Å². The number of hydrogen-bond acceptors (Lipinski definition) is 4. The zero-order chi connectivity index (χ0) is 25.8. The van der Waals surface area contributed by atoms with Gasteiger partial charge in [-0.05, 0) is 25.2 Å². The Morgan fingerprint density at radius 2 is 0.857 bits per heavy atom. The quantitative estimate of drug-likeness (QED) is 0.0838. The third-order valence-corrected chi connectivity index (χ3v) is 7.16. The summed E-state index contributed by atoms with van der Waals surface area (Å²) in [7, 11) is 0. The van der Waals surface area contributed by atoms with Gasteiger partial charge < -0.3 is 9.47 Å². The normalized spacial score (nSPS) is 11.2. The van der Waals surface area contributed by atoms with Crippen LogP contribution in [-0.2, 0) is 19.1 Å². The molecular formula is C31H60O4. The molecule has 0 bridgehead atoms. The van der Waals surface area contributed by atoms with E-state index in [1.54, 1.807) is 0 Å². The van der Waals surface area contributed by atoms with Crippen molar-refractivity contribution in [3.8, 4) is 0 Å². The number of carbonyl (C=O) groups is 2. The summed E-state index contributed by atoms with van der Waals surface area (Å²) in [5.74, 6) is 0.272. The van der Waals surface area contributed by atoms with Gasteiger partial charge in [-0.15, -0.1) is 0 Å². The van der Waals surface area contributed by atoms with Crippen molar-refractivity contribution in [2.75, 3.05) is 13.2 Å². The zero-order valence-corrected chi connectivity index (χ0v) is 23.9. The van der Waals surface area contributed by atoms with Gasteiger partial charge in [-0.25, -0.2) is 0 Å². The lowest BCUT2D eigenvalue weighted by Gasteiger charge is -2.12. The molecule has 0 saturated heterocycles. The van der Waals surface area contributed by atoms with Crippen molar-refractivity contribution in [2.45, 2.75) is 168 Å². The third kappa shape index (κ3) is 25.8. The molecule has 0 amide bonds. The van der Waals surface area contributed by atoms with Crippen LogP contribution in [0.25, 0.3) is 0 Å². The van der Waals surface area contributed by atoms with Gasteiger partial charge in [-0.3, -0.25) is 9.59 Å². The molecule has 0 fully saturated rings. The maximum absolute atomic E-state index is 11.8. The van der Waals surface area contributed by atoms with Gasteiger partial charge in [0.05, 0.1) is 13.2 Å². The number of unbranched alkanes of at least 4 members (excludes halogenated alkanes) is 17. The number of hydrogen-bond donors (Lipinski definition) is 0. The average molecular weight is 497 g/mol. The highest BCUT2D eigenvalue weighted by Crippen LogP contribution is 2.14. The van der Waals surface area contributed by atoms with Crippen molar-refractivity contribution >= 4 is 11.9 Å². The Balaban J connectivity index is 3.28. The van der Waals surface area contributed by atoms with Crippen LogP contribution in [0.3, 0.4) is 0 Å². The molecule has 0 aromatic heterocycles. The molecular weight excluding hydrogens is 436 g/mol. The van der Waals surface area contributed by atoms with Crippen LogP contribution in [-0.4, -0.2) is 25.2 Å². The Morgan fingerprint density at radius 1 is 0.486 bits per heavy atom. The second kappa shape index (κ2) is 27.5. The van der Waals surface area contributed by atoms with Crippen molar-refractivity contribution in [2.24, 2.45) is 5.92 Å². The molecule has 0 rings (SSSR count). The molecule has 0 spiro atoms. The summed E-state index contributed by atoms with van der Waals surface area (Å²) in [6.07, 6.45) is 27.0. The first-order valence-corrected chi connectivity index (χ1v) is 15.4. The number of ether oxygens (including phenoxy) is 2. The maximum Gasteiger partial charge on any atom is 0.305 e. The largest absolute Gasteiger partial charge is 0.466 e. The minimum Gasteiger partial charge on any atom is -0.466 e. The van der Waals surface area contributed by atoms with Crippen LogP contribution in [0.1, 0.15) is 168 Å². The summed E-state index contributed by atoms with van der Waals surface area (Å²) < 4.78 is 10.7. The molecule has 0 aromatic carbocycles. The highest BCUT2D eigenvalue weighted by Gasteiger charge is 2.09. The Bertz CT molecular complexity index is 459. The van der Waals surface area contributed by atoms with Crippen molar-refractivity contribution in [3.63, 3.8) is 0 Å². The molecule has 0 N–H and O–H groups in total. The lowest BCUT2D eigenvalue weighted by atomic mass is 10.0. The second-order valence-electron chi connectivity index (χ2n) is 10.4. The third-order valence-electron chi connectivity index (χ3n) is 7.16. The molecule has 0 heterocycles. The number of esters is 2. The van der Waals surface area contributed by atoms with Gasteiger partial charge in [0.25, 0.3) is 0 Å². The first-order chi connectivity index (χ1) is 17.1. The molecule has 4 heteroatoms. The molecule has 0 atom stereocenters. The number of rotatable bonds is 27. The minimum absolute atomic E-state index is 0.0951. The van der Waals surface area contributed by atoms with Crippen LogP contribution in [0.5, 0.6) is 0 Å². The topological polar surface area (TPSA) is 52.6 Å². The Kier molecular flexibility index (Phi) is 26.7. The highest BCUT2D eigenvalue weighted by molar-refractivity contribution is 5.69. The fourth-order valence-electron chi connectivity index (χ4n) is 4.43. The lowest BCUT2D eigenvalue weighted by Crippen LogP contribution is -2.13. The van der Waals surface area contributed by atoms with E-state index in [4.69, 9.17) is 9.47 Å². The molecule has 35 heavy (non-hydrogen) atoms. The summed E-state index contributed by atoms with van der Waals surface area (Å²) in [6, 6.07) is 0. The van der Waals surface area contributed by atoms with Crippen LogP contribution in [0.4, 0.5) is 0 Å². The summed E-state index contributed by atoms with van der Waals surface area (Å²) in [5, 5.41) is 0. The molecule has 0 radical (unpaired) electrons. The van der Waals surface area contributed by atoms with E-state index in [1.807, 2.05) is 0 Å². The van der Waals surface area contributed by atoms with E-state index in [0.717, 1.165) is 44.9 Å². The van der Waals surface area contributed by atoms with Crippen LogP contribution < -0.4 is 0 Å². The SMILES string of the molecule is CCCCCCCCCCCCCCCCCCOC(=O)CCCCCC(=O)OCC(CC)CC. The lowest BCUT2D eigenvalue weighted by molar-refractivity contribution is -0.145. The van der Waals surface area contributed by atoms with E-state index in [-0.39, 0.29) is 11.9 Å². The van der Waals surface area contributed by atoms with Gasteiger partial charge in [0.2, 0.25) is 0 Å². The van der Waals surface area contributed by atoms with E-state index < -0.39 is 0 Å². The molecule has 0 aliphatic rings. The summed E-state index contributed by atoms with van der Waals surface area (Å²) in [4.78, 5) is 23.6. The fraction of sp³-hybridized carbons (Fsp3) is 0.935. The predicted octanol–water partition coefficient (Wildman–Crippen LogP) is 9.72. The molecule has 0 aliphatic carbocycles. The van der Waals surface area contributed by atoms with Crippen molar-refractivity contribution < 1.29 is 19.1 Å². The van der Waals surface area contributed by atoms with Gasteiger partial charge in [0.15, 0.2) is 0 Å². The van der Waals surface area contributed by atoms with Gasteiger partial charge in [-0.2, -0.15) is 0 Å². The van der Waals surface area contributed by atoms with Gasteiger partial charge in [-0.1, -0.05) is 136 Å². The van der Waals surface area contributed by atoms with Crippen LogP contribution in [0.15, 0.2) is 0 Å². The second-order valence-corrected chi connectivity index (χ2v) is 10.4. The average Bonchev–Trinajstić information content (AvgIpc) is 2.86. The number of carbonyl (C=O) groups excluding carboxylic acids is 2. The van der Waals surface area contributed by atoms with E-state index >= 15 is 0 Å². The monoisotopic (exact) mass is 496 g/mol. The smallest absolute Gasteiger partial charge is 0.305 e. The Labute approximate surface area is 218 Å². The zero-order valence-electron chi connectivity index (χ0n) is 23.9. The molecule has 0 aromatic rings. The van der Waals surface area contributed by atoms with Crippen molar-refractivity contribution in [1.29, 1.82) is 0 Å². The highest BCUT2D eigenvalue weighted by atomic mass is 16.5. The van der Waals surface area contributed by atoms with E-state index in [0.29, 0.717) is 32.0 Å². The van der Waals surface area contributed by atoms with Crippen molar-refractivity contribution in [3.05, 3.63) is 0 Å². The van der Waals surface area contributed by atoms with Crippen LogP contribution in [0, 0.1) is 5.92 Å². The maximum atomic E-state index is 11.8. The molecule has 0 saturated carbocycles. The van der Waals surface area contributed by atoms with E-state index in [2.05, 4.69) is 20.8 Å². The summed E-state index contributed by atoms with van der Waals surface area (Å²) >= 11 is 0. The summed E-state index contributed by atoms with van der Waals surface area (Å²) in [5.41, 5.74) is 0. The van der Waals surface area contributed by atoms with Gasteiger partial charge in [0.1, 0.15) is 0 Å². The molecule has 4 nitrogen and oxygen atoms in total. The minimum atomic E-state index is -0.108. The molecule has 0 unspecified atom stereocenters. The first kappa shape index (κ1) is 33.9. The van der Waals surface area contributed by atoms with Gasteiger partial charge >= 0.3 is 11.9 Å². The van der Waals surface area contributed by atoms with E-state index in [1.165, 1.54) is 89.9 Å². The van der Waals surface area contributed by atoms with Crippen LogP contribution >= 0.6 is 0 Å². The Hall–Kier alpha value is -1.06. The Morgan fingerprint density at radius 3 is 1.29 bits per heavy atom. The summed E-state index contributed by atoms with van der Waals surface area (Å²) in [6.45, 7) is 7.63. The molecule has 208 valence electrons.